The van der Waals surface area contributed by atoms with Crippen LogP contribution in [0.1, 0.15) is 11.5 Å². The second-order valence-electron chi connectivity index (χ2n) is 3.59. The summed E-state index contributed by atoms with van der Waals surface area (Å²) in [4.78, 5) is 11.3. The van der Waals surface area contributed by atoms with Crippen molar-refractivity contribution in [3.63, 3.8) is 0 Å². The van der Waals surface area contributed by atoms with E-state index in [0.29, 0.717) is 11.5 Å². The fourth-order valence-corrected chi connectivity index (χ4v) is 1.58. The third-order valence-electron chi connectivity index (χ3n) is 1.81. The number of hydrogen-bond donors (Lipinski definition) is 1. The summed E-state index contributed by atoms with van der Waals surface area (Å²) in [6, 6.07) is 1.66. The molecule has 0 aromatic carbocycles. The van der Waals surface area contributed by atoms with Gasteiger partial charge in [-0.15, -0.1) is 0 Å². The van der Waals surface area contributed by atoms with Crippen molar-refractivity contribution in [1.82, 2.24) is 10.5 Å². The van der Waals surface area contributed by atoms with Crippen LogP contribution in [0.15, 0.2) is 10.6 Å². The molecule has 1 heterocycles. The zero-order chi connectivity index (χ0) is 12.2. The van der Waals surface area contributed by atoms with Gasteiger partial charge in [-0.2, -0.15) is 0 Å². The van der Waals surface area contributed by atoms with Crippen LogP contribution in [0.4, 0.5) is 0 Å². The molecule has 1 rings (SSSR count). The Labute approximate surface area is 93.9 Å². The van der Waals surface area contributed by atoms with Gasteiger partial charge in [-0.3, -0.25) is 4.79 Å². The van der Waals surface area contributed by atoms with E-state index in [0.717, 1.165) is 6.26 Å². The second-order valence-corrected chi connectivity index (χ2v) is 5.85. The summed E-state index contributed by atoms with van der Waals surface area (Å²) in [6.07, 6.45) is 1.22. The zero-order valence-corrected chi connectivity index (χ0v) is 10.0. The summed E-state index contributed by atoms with van der Waals surface area (Å²) in [7, 11) is -3.04. The van der Waals surface area contributed by atoms with E-state index in [2.05, 4.69) is 10.5 Å². The van der Waals surface area contributed by atoms with Crippen LogP contribution >= 0.6 is 0 Å². The Bertz CT molecular complexity index is 464. The molecule has 0 bridgehead atoms. The molecule has 0 radical (unpaired) electrons. The predicted octanol–water partition coefficient (Wildman–Crippen LogP) is -0.314. The van der Waals surface area contributed by atoms with E-state index in [-0.39, 0.29) is 24.6 Å². The first-order valence-corrected chi connectivity index (χ1v) is 6.79. The standard InChI is InChI=1S/C9H14N2O4S/c1-7-5-8(11-15-7)6-9(12)10-3-4-16(2,13)14/h5H,3-4,6H2,1-2H3,(H,10,12). The smallest absolute Gasteiger partial charge is 0.226 e. The summed E-state index contributed by atoms with van der Waals surface area (Å²) in [6.45, 7) is 1.85. The van der Waals surface area contributed by atoms with Gasteiger partial charge in [0.2, 0.25) is 5.91 Å². The van der Waals surface area contributed by atoms with Crippen molar-refractivity contribution >= 4 is 15.7 Å². The molecule has 0 aliphatic carbocycles. The SMILES string of the molecule is Cc1cc(CC(=O)NCCS(C)(=O)=O)no1. The Morgan fingerprint density at radius 3 is 2.75 bits per heavy atom. The van der Waals surface area contributed by atoms with Crippen LogP contribution in [0, 0.1) is 6.92 Å². The highest BCUT2D eigenvalue weighted by Crippen LogP contribution is 2.01. The first-order valence-electron chi connectivity index (χ1n) is 4.73. The van der Waals surface area contributed by atoms with E-state index < -0.39 is 9.84 Å². The molecule has 90 valence electrons. The predicted molar refractivity (Wildman–Crippen MR) is 57.7 cm³/mol. The molecular weight excluding hydrogens is 232 g/mol. The molecule has 0 spiro atoms. The number of nitrogens with one attached hydrogen (secondary N) is 1. The maximum absolute atomic E-state index is 11.3. The minimum absolute atomic E-state index is 0.0589. The van der Waals surface area contributed by atoms with Crippen molar-refractivity contribution in [2.75, 3.05) is 18.6 Å². The van der Waals surface area contributed by atoms with Crippen molar-refractivity contribution in [3.05, 3.63) is 17.5 Å². The Hall–Kier alpha value is -1.37. The molecule has 0 unspecified atom stereocenters. The molecule has 6 nitrogen and oxygen atoms in total. The minimum Gasteiger partial charge on any atom is -0.361 e. The fourth-order valence-electron chi connectivity index (χ4n) is 1.10. The molecule has 0 fully saturated rings. The lowest BCUT2D eigenvalue weighted by atomic mass is 10.3. The highest BCUT2D eigenvalue weighted by molar-refractivity contribution is 7.90. The molecule has 0 saturated carbocycles. The zero-order valence-electron chi connectivity index (χ0n) is 9.19. The highest BCUT2D eigenvalue weighted by atomic mass is 32.2. The molecule has 1 aromatic heterocycles. The van der Waals surface area contributed by atoms with Crippen LogP contribution in [0.3, 0.4) is 0 Å². The summed E-state index contributed by atoms with van der Waals surface area (Å²) in [5.74, 6) is 0.312. The normalized spacial score (nSPS) is 11.4. The van der Waals surface area contributed by atoms with Gasteiger partial charge in [0.05, 0.1) is 17.9 Å². The molecule has 0 saturated heterocycles. The highest BCUT2D eigenvalue weighted by Gasteiger charge is 2.08. The van der Waals surface area contributed by atoms with Gasteiger partial charge in [0.25, 0.3) is 0 Å². The quantitative estimate of drug-likeness (QED) is 0.769. The second kappa shape index (κ2) is 5.11. The number of carbonyl (C=O) groups excluding carboxylic acids is 1. The average Bonchev–Trinajstić information content (AvgIpc) is 2.48. The van der Waals surface area contributed by atoms with Crippen LogP contribution in [0.2, 0.25) is 0 Å². The number of sulfone groups is 1. The molecule has 0 aliphatic heterocycles. The van der Waals surface area contributed by atoms with E-state index in [1.54, 1.807) is 13.0 Å². The summed E-state index contributed by atoms with van der Waals surface area (Å²) in [5, 5.41) is 6.16. The van der Waals surface area contributed by atoms with Gasteiger partial charge in [-0.05, 0) is 6.92 Å². The third-order valence-corrected chi connectivity index (χ3v) is 2.76. The number of hydrogen-bond acceptors (Lipinski definition) is 5. The first-order chi connectivity index (χ1) is 7.37. The first kappa shape index (κ1) is 12.7. The molecule has 7 heteroatoms. The number of amides is 1. The van der Waals surface area contributed by atoms with Gasteiger partial charge >= 0.3 is 0 Å². The van der Waals surface area contributed by atoms with Crippen molar-refractivity contribution in [2.45, 2.75) is 13.3 Å². The Kier molecular flexibility index (Phi) is 4.05. The maximum Gasteiger partial charge on any atom is 0.226 e. The Morgan fingerprint density at radius 2 is 2.25 bits per heavy atom. The summed E-state index contributed by atoms with van der Waals surface area (Å²) >= 11 is 0. The van der Waals surface area contributed by atoms with Crippen molar-refractivity contribution in [1.29, 1.82) is 0 Å². The molecule has 1 amide bonds. The summed E-state index contributed by atoms with van der Waals surface area (Å²) in [5.41, 5.74) is 0.536. The van der Waals surface area contributed by atoms with Gasteiger partial charge in [-0.1, -0.05) is 5.16 Å². The van der Waals surface area contributed by atoms with Crippen molar-refractivity contribution < 1.29 is 17.7 Å². The Morgan fingerprint density at radius 1 is 1.56 bits per heavy atom. The van der Waals surface area contributed by atoms with Gasteiger partial charge in [0, 0.05) is 18.9 Å². The molecule has 1 aromatic rings. The van der Waals surface area contributed by atoms with Gasteiger partial charge in [-0.25, -0.2) is 8.42 Å². The number of carbonyl (C=O) groups is 1. The minimum atomic E-state index is -3.04. The van der Waals surface area contributed by atoms with E-state index in [1.165, 1.54) is 0 Å². The molecule has 16 heavy (non-hydrogen) atoms. The lowest BCUT2D eigenvalue weighted by Gasteiger charge is -2.01. The third kappa shape index (κ3) is 4.92. The number of rotatable bonds is 5. The van der Waals surface area contributed by atoms with Crippen LogP contribution in [0.25, 0.3) is 0 Å². The largest absolute Gasteiger partial charge is 0.361 e. The Balaban J connectivity index is 2.32. The molecule has 0 atom stereocenters. The van der Waals surface area contributed by atoms with Crippen molar-refractivity contribution in [3.8, 4) is 0 Å². The monoisotopic (exact) mass is 246 g/mol. The van der Waals surface area contributed by atoms with Crippen LogP contribution in [-0.4, -0.2) is 38.0 Å². The molecule has 0 aliphatic rings. The fraction of sp³-hybridized carbons (Fsp3) is 0.556. The van der Waals surface area contributed by atoms with E-state index >= 15 is 0 Å². The maximum atomic E-state index is 11.3. The number of nitrogens with zero attached hydrogens (tertiary/aromatic N) is 1. The average molecular weight is 246 g/mol. The number of aromatic nitrogens is 1. The van der Waals surface area contributed by atoms with E-state index in [4.69, 9.17) is 4.52 Å². The van der Waals surface area contributed by atoms with Gasteiger partial charge < -0.3 is 9.84 Å². The van der Waals surface area contributed by atoms with Gasteiger partial charge in [0.15, 0.2) is 0 Å². The van der Waals surface area contributed by atoms with Crippen LogP contribution in [-0.2, 0) is 21.1 Å². The van der Waals surface area contributed by atoms with E-state index in [1.807, 2.05) is 0 Å². The molecule has 1 N–H and O–H groups in total. The lowest BCUT2D eigenvalue weighted by Crippen LogP contribution is -2.30. The molecular formula is C9H14N2O4S. The van der Waals surface area contributed by atoms with E-state index in [9.17, 15) is 13.2 Å². The lowest BCUT2D eigenvalue weighted by molar-refractivity contribution is -0.120. The summed E-state index contributed by atoms with van der Waals surface area (Å²) < 4.78 is 26.4. The van der Waals surface area contributed by atoms with Crippen LogP contribution in [0.5, 0.6) is 0 Å². The van der Waals surface area contributed by atoms with Crippen molar-refractivity contribution in [2.24, 2.45) is 0 Å². The van der Waals surface area contributed by atoms with Crippen LogP contribution < -0.4 is 5.32 Å². The topological polar surface area (TPSA) is 89.3 Å². The van der Waals surface area contributed by atoms with Gasteiger partial charge in [0.1, 0.15) is 15.6 Å². The number of aryl methyl sites for hydroxylation is 1.